The third-order valence-electron chi connectivity index (χ3n) is 4.62. The maximum atomic E-state index is 13.5. The minimum Gasteiger partial charge on any atom is -0.368 e. The van der Waals surface area contributed by atoms with Crippen LogP contribution >= 0.6 is 23.4 Å². The highest BCUT2D eigenvalue weighted by Crippen LogP contribution is 2.28. The molecule has 0 radical (unpaired) electrons. The first-order valence-corrected chi connectivity index (χ1v) is 11.8. The van der Waals surface area contributed by atoms with Gasteiger partial charge in [0.15, 0.2) is 0 Å². The number of nitrogens with zero attached hydrogens (tertiary/aromatic N) is 4. The van der Waals surface area contributed by atoms with E-state index >= 15 is 0 Å². The van der Waals surface area contributed by atoms with Crippen LogP contribution in [0, 0.1) is 0 Å². The maximum Gasteiger partial charge on any atom is 0.267 e. The molecule has 0 bridgehead atoms. The van der Waals surface area contributed by atoms with Gasteiger partial charge in [-0.25, -0.2) is 9.97 Å². The number of hydrogen-bond acceptors (Lipinski definition) is 7. The number of aromatic nitrogens is 4. The molecule has 2 aromatic heterocycles. The van der Waals surface area contributed by atoms with Crippen molar-refractivity contribution in [2.24, 2.45) is 0 Å². The molecule has 4 aromatic rings. The zero-order chi connectivity index (χ0) is 23.3. The fourth-order valence-electron chi connectivity index (χ4n) is 3.23. The molecule has 2 heterocycles. The Morgan fingerprint density at radius 3 is 2.50 bits per heavy atom. The minimum absolute atomic E-state index is 0.168. The van der Waals surface area contributed by atoms with Gasteiger partial charge in [0.2, 0.25) is 5.95 Å². The van der Waals surface area contributed by atoms with Crippen LogP contribution in [0.15, 0.2) is 64.4 Å². The highest BCUT2D eigenvalue weighted by Gasteiger charge is 2.20. The van der Waals surface area contributed by atoms with Gasteiger partial charge in [-0.05, 0) is 37.4 Å². The molecule has 0 saturated carbocycles. The normalized spacial score (nSPS) is 11.5. The molecule has 0 amide bonds. The van der Waals surface area contributed by atoms with Gasteiger partial charge in [-0.15, -0.1) is 11.8 Å². The van der Waals surface area contributed by atoms with Gasteiger partial charge < -0.3 is 11.1 Å². The Labute approximate surface area is 196 Å². The lowest BCUT2D eigenvalue weighted by Gasteiger charge is -2.21. The number of rotatable bonds is 5. The Morgan fingerprint density at radius 2 is 1.81 bits per heavy atom. The number of benzene rings is 2. The van der Waals surface area contributed by atoms with E-state index in [2.05, 4.69) is 15.3 Å². The Kier molecular flexibility index (Phi) is 7.71. The molecule has 3 N–H and O–H groups in total. The summed E-state index contributed by atoms with van der Waals surface area (Å²) in [7, 11) is 0. The molecule has 166 valence electrons. The summed E-state index contributed by atoms with van der Waals surface area (Å²) in [5.74, 6) is 1.29. The van der Waals surface area contributed by atoms with Crippen molar-refractivity contribution in [1.82, 2.24) is 19.5 Å². The van der Waals surface area contributed by atoms with E-state index < -0.39 is 0 Å². The van der Waals surface area contributed by atoms with E-state index in [1.54, 1.807) is 29.0 Å². The third-order valence-corrected chi connectivity index (χ3v) is 5.67. The zero-order valence-corrected chi connectivity index (χ0v) is 19.9. The second kappa shape index (κ2) is 10.5. The summed E-state index contributed by atoms with van der Waals surface area (Å²) in [5.41, 5.74) is 6.79. The van der Waals surface area contributed by atoms with E-state index in [9.17, 15) is 4.79 Å². The molecule has 9 heteroatoms. The van der Waals surface area contributed by atoms with Crippen LogP contribution in [0.4, 0.5) is 11.8 Å². The van der Waals surface area contributed by atoms with Gasteiger partial charge in [0.25, 0.3) is 5.56 Å². The maximum absolute atomic E-state index is 13.5. The molecule has 0 aliphatic heterocycles. The first kappa shape index (κ1) is 23.6. The van der Waals surface area contributed by atoms with Gasteiger partial charge in [0.1, 0.15) is 11.6 Å². The van der Waals surface area contributed by atoms with Gasteiger partial charge in [-0.3, -0.25) is 9.36 Å². The second-order valence-corrected chi connectivity index (χ2v) is 7.85. The van der Waals surface area contributed by atoms with Crippen molar-refractivity contribution >= 4 is 46.0 Å². The van der Waals surface area contributed by atoms with E-state index in [-0.39, 0.29) is 17.5 Å². The highest BCUT2D eigenvalue weighted by molar-refractivity contribution is 7.98. The van der Waals surface area contributed by atoms with Crippen molar-refractivity contribution in [2.45, 2.75) is 31.7 Å². The molecule has 1 atom stereocenters. The van der Waals surface area contributed by atoms with Crippen LogP contribution in [0.2, 0.25) is 5.02 Å². The van der Waals surface area contributed by atoms with E-state index in [4.69, 9.17) is 22.3 Å². The molecule has 4 rings (SSSR count). The number of fused-ring (bicyclic) bond motifs is 1. The molecule has 1 unspecified atom stereocenters. The average Bonchev–Trinajstić information content (AvgIpc) is 2.81. The summed E-state index contributed by atoms with van der Waals surface area (Å²) in [4.78, 5) is 27.4. The first-order valence-electron chi connectivity index (χ1n) is 10.2. The van der Waals surface area contributed by atoms with E-state index in [1.807, 2.05) is 57.4 Å². The Balaban J connectivity index is 0.00000141. The lowest BCUT2D eigenvalue weighted by atomic mass is 10.2. The number of nitrogens with one attached hydrogen (secondary N) is 1. The summed E-state index contributed by atoms with van der Waals surface area (Å²) >= 11 is 7.84. The first-order chi connectivity index (χ1) is 15.5. The van der Waals surface area contributed by atoms with Gasteiger partial charge in [0, 0.05) is 6.20 Å². The van der Waals surface area contributed by atoms with E-state index in [1.165, 1.54) is 11.8 Å². The predicted molar refractivity (Wildman–Crippen MR) is 134 cm³/mol. The smallest absolute Gasteiger partial charge is 0.267 e. The Morgan fingerprint density at radius 1 is 1.09 bits per heavy atom. The lowest BCUT2D eigenvalue weighted by Crippen LogP contribution is -2.27. The van der Waals surface area contributed by atoms with Gasteiger partial charge in [0.05, 0.1) is 32.6 Å². The molecule has 0 aliphatic carbocycles. The summed E-state index contributed by atoms with van der Waals surface area (Å²) in [5, 5.41) is 4.08. The number of para-hydroxylation sites is 1. The number of nitrogen functional groups attached to an aromatic ring is 1. The van der Waals surface area contributed by atoms with Crippen LogP contribution < -0.4 is 16.6 Å². The third kappa shape index (κ3) is 4.71. The SMILES string of the molecule is CC.CSc1cnc(N)nc1NC(C)c1nc2cccc(Cl)c2c(=O)n1-c1ccccc1. The summed E-state index contributed by atoms with van der Waals surface area (Å²) < 4.78 is 1.58. The monoisotopic (exact) mass is 468 g/mol. The number of nitrogens with two attached hydrogens (primary N) is 1. The van der Waals surface area contributed by atoms with Crippen molar-refractivity contribution in [1.29, 1.82) is 0 Å². The number of thioether (sulfide) groups is 1. The molecular formula is C23H25ClN6OS. The fourth-order valence-corrected chi connectivity index (χ4v) is 3.94. The van der Waals surface area contributed by atoms with Crippen molar-refractivity contribution in [3.05, 3.63) is 75.9 Å². The van der Waals surface area contributed by atoms with E-state index in [0.29, 0.717) is 33.3 Å². The number of halogens is 1. The molecule has 0 aliphatic rings. The standard InChI is InChI=1S/C21H19ClN6OS.C2H6/c1-12(25-18-16(30-2)11-24-21(23)27-18)19-26-15-10-6-9-14(22)17(15)20(29)28(19)13-7-4-3-5-8-13;1-2/h3-12H,1-2H3,(H3,23,24,25,27);1-2H3. The molecule has 2 aromatic carbocycles. The largest absolute Gasteiger partial charge is 0.368 e. The summed E-state index contributed by atoms with van der Waals surface area (Å²) in [6, 6.07) is 14.3. The molecule has 7 nitrogen and oxygen atoms in total. The second-order valence-electron chi connectivity index (χ2n) is 6.59. The van der Waals surface area contributed by atoms with Crippen molar-refractivity contribution < 1.29 is 0 Å². The Hall–Kier alpha value is -3.10. The van der Waals surface area contributed by atoms with Crippen LogP contribution in [-0.4, -0.2) is 25.8 Å². The summed E-state index contributed by atoms with van der Waals surface area (Å²) in [6.07, 6.45) is 3.60. The molecular weight excluding hydrogens is 444 g/mol. The molecule has 0 saturated heterocycles. The van der Waals surface area contributed by atoms with Crippen LogP contribution in [0.25, 0.3) is 16.6 Å². The van der Waals surface area contributed by atoms with Gasteiger partial charge in [-0.2, -0.15) is 4.98 Å². The zero-order valence-electron chi connectivity index (χ0n) is 18.3. The van der Waals surface area contributed by atoms with Crippen molar-refractivity contribution in [3.63, 3.8) is 0 Å². The summed E-state index contributed by atoms with van der Waals surface area (Å²) in [6.45, 7) is 5.92. The number of hydrogen-bond donors (Lipinski definition) is 2. The fraction of sp³-hybridized carbons (Fsp3) is 0.217. The molecule has 0 fully saturated rings. The quantitative estimate of drug-likeness (QED) is 0.382. The van der Waals surface area contributed by atoms with E-state index in [0.717, 1.165) is 4.90 Å². The Bertz CT molecular complexity index is 1280. The van der Waals surface area contributed by atoms with Crippen LogP contribution in [0.5, 0.6) is 0 Å². The molecule has 32 heavy (non-hydrogen) atoms. The van der Waals surface area contributed by atoms with Gasteiger partial charge in [-0.1, -0.05) is 49.7 Å². The van der Waals surface area contributed by atoms with Crippen molar-refractivity contribution in [2.75, 3.05) is 17.3 Å². The minimum atomic E-state index is -0.360. The van der Waals surface area contributed by atoms with Crippen molar-refractivity contribution in [3.8, 4) is 5.69 Å². The van der Waals surface area contributed by atoms with Crippen LogP contribution in [-0.2, 0) is 0 Å². The predicted octanol–water partition coefficient (Wildman–Crippen LogP) is 5.33. The average molecular weight is 469 g/mol. The van der Waals surface area contributed by atoms with Crippen LogP contribution in [0.1, 0.15) is 32.6 Å². The number of anilines is 2. The van der Waals surface area contributed by atoms with Crippen LogP contribution in [0.3, 0.4) is 0 Å². The topological polar surface area (TPSA) is 98.7 Å². The lowest BCUT2D eigenvalue weighted by molar-refractivity contribution is 0.728. The van der Waals surface area contributed by atoms with Gasteiger partial charge >= 0.3 is 0 Å². The highest BCUT2D eigenvalue weighted by atomic mass is 35.5. The molecule has 0 spiro atoms.